The molecule has 1 heterocycles. The Bertz CT molecular complexity index is 1850. The van der Waals surface area contributed by atoms with E-state index in [1.54, 1.807) is 0 Å². The Morgan fingerprint density at radius 1 is 0.368 bits per heavy atom. The maximum absolute atomic E-state index is 3.47. The quantitative estimate of drug-likeness (QED) is 0.256. The first-order valence-corrected chi connectivity index (χ1v) is 13.0. The fraction of sp³-hybridized carbons (Fsp3) is 0. The van der Waals surface area contributed by atoms with E-state index in [9.17, 15) is 0 Å². The number of benzene rings is 6. The smallest absolute Gasteiger partial charge is 0.0541 e. The third-order valence-electron chi connectivity index (χ3n) is 7.19. The lowest BCUT2D eigenvalue weighted by Gasteiger charge is -2.10. The van der Waals surface area contributed by atoms with Crippen LogP contribution >= 0.6 is 0 Å². The fourth-order valence-electron chi connectivity index (χ4n) is 5.30. The molecule has 0 atom stereocenters. The van der Waals surface area contributed by atoms with Crippen molar-refractivity contribution in [3.63, 3.8) is 0 Å². The summed E-state index contributed by atoms with van der Waals surface area (Å²) in [6, 6.07) is 53.8. The van der Waals surface area contributed by atoms with Gasteiger partial charge in [0.05, 0.1) is 11.0 Å². The Morgan fingerprint density at radius 3 is 1.66 bits per heavy atom. The van der Waals surface area contributed by atoms with Crippen LogP contribution in [0.1, 0.15) is 0 Å². The molecule has 38 heavy (non-hydrogen) atoms. The van der Waals surface area contributed by atoms with Gasteiger partial charge >= 0.3 is 0 Å². The minimum atomic E-state index is 1.08. The molecule has 1 aromatic heterocycles. The highest BCUT2D eigenvalue weighted by Crippen LogP contribution is 2.35. The highest BCUT2D eigenvalue weighted by atomic mass is 15.0. The van der Waals surface area contributed by atoms with Gasteiger partial charge in [-0.05, 0) is 76.9 Å². The summed E-state index contributed by atoms with van der Waals surface area (Å²) in [7, 11) is 0. The molecule has 0 radical (unpaired) electrons. The molecule has 0 aliphatic rings. The van der Waals surface area contributed by atoms with E-state index < -0.39 is 0 Å². The van der Waals surface area contributed by atoms with Gasteiger partial charge in [-0.25, -0.2) is 0 Å². The molecule has 0 amide bonds. The second-order valence-electron chi connectivity index (χ2n) is 9.57. The Balaban J connectivity index is 1.27. The number of nitrogens with one attached hydrogen (secondary N) is 1. The number of hydrogen-bond donors (Lipinski definition) is 1. The Morgan fingerprint density at radius 2 is 0.895 bits per heavy atom. The van der Waals surface area contributed by atoms with E-state index in [4.69, 9.17) is 0 Å². The van der Waals surface area contributed by atoms with Crippen molar-refractivity contribution in [2.24, 2.45) is 0 Å². The van der Waals surface area contributed by atoms with Crippen LogP contribution in [0.25, 0.3) is 49.7 Å². The number of aromatic nitrogens is 1. The molecule has 1 N–H and O–H groups in total. The predicted molar refractivity (Wildman–Crippen MR) is 161 cm³/mol. The van der Waals surface area contributed by atoms with Crippen molar-refractivity contribution in [1.82, 2.24) is 4.57 Å². The second-order valence-corrected chi connectivity index (χ2v) is 9.57. The number of rotatable bonds is 5. The molecule has 2 heteroatoms. The summed E-state index contributed by atoms with van der Waals surface area (Å²) in [6.45, 7) is 0. The van der Waals surface area contributed by atoms with Crippen molar-refractivity contribution in [3.8, 4) is 27.9 Å². The molecular weight excluding hydrogens is 460 g/mol. The monoisotopic (exact) mass is 486 g/mol. The van der Waals surface area contributed by atoms with Gasteiger partial charge in [-0.3, -0.25) is 0 Å². The molecule has 0 fully saturated rings. The molecule has 0 aliphatic carbocycles. The Hall–Kier alpha value is -5.08. The van der Waals surface area contributed by atoms with Crippen molar-refractivity contribution in [2.45, 2.75) is 0 Å². The largest absolute Gasteiger partial charge is 0.356 e. The molecule has 0 bridgehead atoms. The molecule has 7 rings (SSSR count). The standard InChI is InChI=1S/C36H26N2/c1-3-9-26(10-4-1)27-17-22-32(23-18-27)38-35-14-8-7-13-33(35)34-25-29(19-24-36(34)38)28-15-20-31(21-16-28)37-30-11-5-2-6-12-30/h1-25,37H. The molecule has 0 aliphatic heterocycles. The van der Waals surface area contributed by atoms with Crippen LogP contribution in [0.4, 0.5) is 11.4 Å². The highest BCUT2D eigenvalue weighted by molar-refractivity contribution is 6.10. The van der Waals surface area contributed by atoms with Crippen molar-refractivity contribution in [3.05, 3.63) is 152 Å². The first-order valence-electron chi connectivity index (χ1n) is 13.0. The Kier molecular flexibility index (Phi) is 5.49. The molecule has 0 unspecified atom stereocenters. The summed E-state index contributed by atoms with van der Waals surface area (Å²) in [5, 5.41) is 5.99. The van der Waals surface area contributed by atoms with Crippen LogP contribution < -0.4 is 5.32 Å². The molecule has 7 aromatic rings. The molecule has 0 saturated heterocycles. The van der Waals surface area contributed by atoms with Gasteiger partial charge in [-0.15, -0.1) is 0 Å². The van der Waals surface area contributed by atoms with Crippen LogP contribution in [0.3, 0.4) is 0 Å². The van der Waals surface area contributed by atoms with Gasteiger partial charge in [-0.1, -0.05) is 97.1 Å². The number of hydrogen-bond acceptors (Lipinski definition) is 1. The minimum absolute atomic E-state index is 1.08. The van der Waals surface area contributed by atoms with Crippen LogP contribution in [0.2, 0.25) is 0 Å². The van der Waals surface area contributed by atoms with Gasteiger partial charge in [0.1, 0.15) is 0 Å². The molecular formula is C36H26N2. The van der Waals surface area contributed by atoms with Crippen LogP contribution in [0, 0.1) is 0 Å². The fourth-order valence-corrected chi connectivity index (χ4v) is 5.30. The van der Waals surface area contributed by atoms with Crippen molar-refractivity contribution >= 4 is 33.2 Å². The normalized spacial score (nSPS) is 11.2. The van der Waals surface area contributed by atoms with Crippen LogP contribution in [-0.4, -0.2) is 4.57 Å². The third-order valence-corrected chi connectivity index (χ3v) is 7.19. The zero-order chi connectivity index (χ0) is 25.3. The van der Waals surface area contributed by atoms with E-state index in [-0.39, 0.29) is 0 Å². The number of anilines is 2. The van der Waals surface area contributed by atoms with Gasteiger partial charge in [0.2, 0.25) is 0 Å². The van der Waals surface area contributed by atoms with Crippen molar-refractivity contribution in [1.29, 1.82) is 0 Å². The summed E-state index contributed by atoms with van der Waals surface area (Å²) in [6.07, 6.45) is 0. The number of para-hydroxylation sites is 2. The van der Waals surface area contributed by atoms with Gasteiger partial charge in [-0.2, -0.15) is 0 Å². The zero-order valence-corrected chi connectivity index (χ0v) is 20.9. The molecule has 180 valence electrons. The van der Waals surface area contributed by atoms with E-state index in [0.29, 0.717) is 0 Å². The van der Waals surface area contributed by atoms with Crippen LogP contribution in [0.5, 0.6) is 0 Å². The predicted octanol–water partition coefficient (Wildman–Crippen LogP) is 9.86. The van der Waals surface area contributed by atoms with Gasteiger partial charge in [0.15, 0.2) is 0 Å². The topological polar surface area (TPSA) is 17.0 Å². The summed E-state index contributed by atoms with van der Waals surface area (Å²) >= 11 is 0. The molecule has 2 nitrogen and oxygen atoms in total. The third kappa shape index (κ3) is 4.03. The van der Waals surface area contributed by atoms with Gasteiger partial charge in [0.25, 0.3) is 0 Å². The lowest BCUT2D eigenvalue weighted by Crippen LogP contribution is -1.93. The van der Waals surface area contributed by atoms with Crippen LogP contribution in [-0.2, 0) is 0 Å². The SMILES string of the molecule is c1ccc(Nc2ccc(-c3ccc4c(c3)c3ccccc3n4-c3ccc(-c4ccccc4)cc3)cc2)cc1. The maximum Gasteiger partial charge on any atom is 0.0541 e. The van der Waals surface area contributed by atoms with Gasteiger partial charge < -0.3 is 9.88 Å². The summed E-state index contributed by atoms with van der Waals surface area (Å²) in [4.78, 5) is 0. The first kappa shape index (κ1) is 22.1. The summed E-state index contributed by atoms with van der Waals surface area (Å²) < 4.78 is 2.37. The first-order chi connectivity index (χ1) is 18.8. The highest BCUT2D eigenvalue weighted by Gasteiger charge is 2.13. The minimum Gasteiger partial charge on any atom is -0.356 e. The summed E-state index contributed by atoms with van der Waals surface area (Å²) in [5.74, 6) is 0. The number of nitrogens with zero attached hydrogens (tertiary/aromatic N) is 1. The van der Waals surface area contributed by atoms with E-state index in [2.05, 4.69) is 143 Å². The van der Waals surface area contributed by atoms with Crippen molar-refractivity contribution < 1.29 is 0 Å². The van der Waals surface area contributed by atoms with Crippen molar-refractivity contribution in [2.75, 3.05) is 5.32 Å². The van der Waals surface area contributed by atoms with Crippen LogP contribution in [0.15, 0.2) is 152 Å². The number of fused-ring (bicyclic) bond motifs is 3. The van der Waals surface area contributed by atoms with E-state index in [0.717, 1.165) is 11.4 Å². The van der Waals surface area contributed by atoms with Gasteiger partial charge in [0, 0.05) is 27.8 Å². The summed E-state index contributed by atoms with van der Waals surface area (Å²) in [5.41, 5.74) is 10.6. The average Bonchev–Trinajstić information content (AvgIpc) is 3.32. The van der Waals surface area contributed by atoms with E-state index >= 15 is 0 Å². The van der Waals surface area contributed by atoms with E-state index in [1.807, 2.05) is 18.2 Å². The molecule has 0 spiro atoms. The maximum atomic E-state index is 3.47. The lowest BCUT2D eigenvalue weighted by atomic mass is 10.0. The molecule has 0 saturated carbocycles. The zero-order valence-electron chi connectivity index (χ0n) is 20.9. The average molecular weight is 487 g/mol. The van der Waals surface area contributed by atoms with E-state index in [1.165, 1.54) is 49.7 Å². The lowest BCUT2D eigenvalue weighted by molar-refractivity contribution is 1.18. The Labute approximate surface area is 222 Å². The molecule has 6 aromatic carbocycles. The second kappa shape index (κ2) is 9.42.